The van der Waals surface area contributed by atoms with E-state index in [-0.39, 0.29) is 0 Å². The van der Waals surface area contributed by atoms with E-state index in [4.69, 9.17) is 18.8 Å². The SMILES string of the molecule is c1ccc2nc(-c3ccc4c(c3)oc3ccccc34)c(-c3ccc4c(ccc5ccc6c(ccc7c8ccccc8oc76)c54)c3)nc2c1. The molecule has 0 bridgehead atoms. The molecule has 0 saturated carbocycles. The number of hydrogen-bond donors (Lipinski definition) is 0. The fourth-order valence-electron chi connectivity index (χ4n) is 7.58. The standard InChI is InChI=1S/C44H24N2O2/c1-5-11-38-30(7-1)32-19-17-28(24-40(32)47-38)43-42(45-36-9-3-4-10-37(36)46-43)27-16-18-29-26(23-27)14-13-25-15-20-35-33(41(25)29)21-22-34-31-8-2-6-12-39(31)48-44(34)35/h1-24H. The fourth-order valence-corrected chi connectivity index (χ4v) is 7.58. The molecule has 48 heavy (non-hydrogen) atoms. The lowest BCUT2D eigenvalue weighted by Gasteiger charge is -2.13. The lowest BCUT2D eigenvalue weighted by atomic mass is 9.93. The van der Waals surface area contributed by atoms with Gasteiger partial charge in [0, 0.05) is 38.1 Å². The predicted molar refractivity (Wildman–Crippen MR) is 197 cm³/mol. The van der Waals surface area contributed by atoms with Crippen molar-refractivity contribution in [2.24, 2.45) is 0 Å². The van der Waals surface area contributed by atoms with E-state index in [1.807, 2.05) is 54.6 Å². The first-order chi connectivity index (χ1) is 23.8. The van der Waals surface area contributed by atoms with Crippen LogP contribution in [-0.2, 0) is 0 Å². The zero-order valence-electron chi connectivity index (χ0n) is 25.6. The number of fused-ring (bicyclic) bond motifs is 13. The minimum absolute atomic E-state index is 0.828. The second kappa shape index (κ2) is 9.50. The van der Waals surface area contributed by atoms with E-state index in [2.05, 4.69) is 91.0 Å². The number of furan rings is 2. The van der Waals surface area contributed by atoms with Crippen LogP contribution in [0.25, 0.3) is 110 Å². The quantitative estimate of drug-likeness (QED) is 0.182. The Kier molecular flexibility index (Phi) is 5.08. The minimum Gasteiger partial charge on any atom is -0.456 e. The first-order valence-corrected chi connectivity index (χ1v) is 16.2. The van der Waals surface area contributed by atoms with E-state index in [0.717, 1.165) is 88.2 Å². The van der Waals surface area contributed by atoms with Crippen molar-refractivity contribution in [1.82, 2.24) is 9.97 Å². The van der Waals surface area contributed by atoms with Gasteiger partial charge < -0.3 is 8.83 Å². The Morgan fingerprint density at radius 1 is 0.354 bits per heavy atom. The monoisotopic (exact) mass is 612 g/mol. The molecule has 0 radical (unpaired) electrons. The number of benzene rings is 8. The Hall–Kier alpha value is -6.52. The Balaban J connectivity index is 1.14. The molecule has 0 amide bonds. The van der Waals surface area contributed by atoms with Crippen LogP contribution in [0.3, 0.4) is 0 Å². The summed E-state index contributed by atoms with van der Waals surface area (Å²) in [7, 11) is 0. The number of hydrogen-bond acceptors (Lipinski definition) is 4. The van der Waals surface area contributed by atoms with E-state index in [1.165, 1.54) is 21.5 Å². The van der Waals surface area contributed by atoms with Gasteiger partial charge in [0.2, 0.25) is 0 Å². The van der Waals surface area contributed by atoms with Crippen molar-refractivity contribution in [2.75, 3.05) is 0 Å². The predicted octanol–water partition coefficient (Wildman–Crippen LogP) is 12.2. The maximum atomic E-state index is 6.42. The Morgan fingerprint density at radius 3 is 1.67 bits per heavy atom. The van der Waals surface area contributed by atoms with Crippen LogP contribution in [0.15, 0.2) is 154 Å². The molecule has 0 atom stereocenters. The number of aromatic nitrogens is 2. The van der Waals surface area contributed by atoms with Gasteiger partial charge in [-0.1, -0.05) is 91.0 Å². The van der Waals surface area contributed by atoms with Crippen LogP contribution in [-0.4, -0.2) is 9.97 Å². The normalized spacial score (nSPS) is 12.2. The smallest absolute Gasteiger partial charge is 0.143 e. The molecule has 3 aromatic heterocycles. The Labute approximate surface area is 273 Å². The Morgan fingerprint density at radius 2 is 0.875 bits per heavy atom. The van der Waals surface area contributed by atoms with Crippen LogP contribution in [0.5, 0.6) is 0 Å². The highest BCUT2D eigenvalue weighted by atomic mass is 16.3. The molecule has 3 heterocycles. The van der Waals surface area contributed by atoms with Crippen molar-refractivity contribution in [3.63, 3.8) is 0 Å². The van der Waals surface area contributed by atoms with Crippen molar-refractivity contribution in [2.45, 2.75) is 0 Å². The molecule has 4 nitrogen and oxygen atoms in total. The van der Waals surface area contributed by atoms with Gasteiger partial charge in [0.25, 0.3) is 0 Å². The summed E-state index contributed by atoms with van der Waals surface area (Å²) in [5.74, 6) is 0. The van der Waals surface area contributed by atoms with Gasteiger partial charge in [-0.3, -0.25) is 0 Å². The molecule has 222 valence electrons. The third kappa shape index (κ3) is 3.60. The van der Waals surface area contributed by atoms with Gasteiger partial charge in [-0.05, 0) is 81.5 Å². The molecule has 0 spiro atoms. The lowest BCUT2D eigenvalue weighted by Crippen LogP contribution is -1.95. The molecule has 0 saturated heterocycles. The summed E-state index contributed by atoms with van der Waals surface area (Å²) in [4.78, 5) is 10.4. The molecule has 11 aromatic rings. The molecule has 8 aromatic carbocycles. The van der Waals surface area contributed by atoms with Crippen molar-refractivity contribution in [3.05, 3.63) is 146 Å². The summed E-state index contributed by atoms with van der Waals surface area (Å²) < 4.78 is 12.7. The zero-order chi connectivity index (χ0) is 31.3. The number of rotatable bonds is 2. The summed E-state index contributed by atoms with van der Waals surface area (Å²) in [5.41, 5.74) is 8.93. The van der Waals surface area contributed by atoms with Crippen molar-refractivity contribution in [1.29, 1.82) is 0 Å². The summed E-state index contributed by atoms with van der Waals surface area (Å²) in [6, 6.07) is 50.8. The Bertz CT molecular complexity index is 3130. The van der Waals surface area contributed by atoms with Gasteiger partial charge in [0.05, 0.1) is 22.4 Å². The maximum Gasteiger partial charge on any atom is 0.143 e. The maximum absolute atomic E-state index is 6.42. The molecular formula is C44H24N2O2. The topological polar surface area (TPSA) is 52.1 Å². The molecule has 0 N–H and O–H groups in total. The second-order valence-electron chi connectivity index (χ2n) is 12.5. The average Bonchev–Trinajstić information content (AvgIpc) is 3.72. The van der Waals surface area contributed by atoms with Crippen LogP contribution in [0.4, 0.5) is 0 Å². The van der Waals surface area contributed by atoms with Crippen molar-refractivity contribution >= 4 is 87.2 Å². The first kappa shape index (κ1) is 25.6. The summed E-state index contributed by atoms with van der Waals surface area (Å²) >= 11 is 0. The summed E-state index contributed by atoms with van der Waals surface area (Å²) in [6.45, 7) is 0. The first-order valence-electron chi connectivity index (χ1n) is 16.2. The second-order valence-corrected chi connectivity index (χ2v) is 12.5. The van der Waals surface area contributed by atoms with Crippen LogP contribution in [0.2, 0.25) is 0 Å². The molecule has 4 heteroatoms. The van der Waals surface area contributed by atoms with Gasteiger partial charge in [0.1, 0.15) is 22.3 Å². The van der Waals surface area contributed by atoms with Gasteiger partial charge in [-0.25, -0.2) is 9.97 Å². The van der Waals surface area contributed by atoms with E-state index in [1.54, 1.807) is 0 Å². The van der Waals surface area contributed by atoms with Gasteiger partial charge in [-0.15, -0.1) is 0 Å². The fraction of sp³-hybridized carbons (Fsp3) is 0. The van der Waals surface area contributed by atoms with E-state index in [0.29, 0.717) is 0 Å². The van der Waals surface area contributed by atoms with E-state index >= 15 is 0 Å². The highest BCUT2D eigenvalue weighted by Crippen LogP contribution is 2.41. The van der Waals surface area contributed by atoms with Crippen molar-refractivity contribution in [3.8, 4) is 22.5 Å². The third-order valence-electron chi connectivity index (χ3n) is 9.83. The third-order valence-corrected chi connectivity index (χ3v) is 9.83. The van der Waals surface area contributed by atoms with Crippen LogP contribution in [0.1, 0.15) is 0 Å². The molecule has 0 fully saturated rings. The summed E-state index contributed by atoms with van der Waals surface area (Å²) in [5, 5.41) is 11.5. The number of para-hydroxylation sites is 4. The van der Waals surface area contributed by atoms with Crippen molar-refractivity contribution < 1.29 is 8.83 Å². The average molecular weight is 613 g/mol. The summed E-state index contributed by atoms with van der Waals surface area (Å²) in [6.07, 6.45) is 0. The van der Waals surface area contributed by atoms with Crippen LogP contribution in [0, 0.1) is 0 Å². The van der Waals surface area contributed by atoms with Gasteiger partial charge in [-0.2, -0.15) is 0 Å². The zero-order valence-corrected chi connectivity index (χ0v) is 25.6. The number of nitrogens with zero attached hydrogens (tertiary/aromatic N) is 2. The molecule has 0 unspecified atom stereocenters. The molecule has 0 aliphatic carbocycles. The highest BCUT2D eigenvalue weighted by Gasteiger charge is 2.18. The molecule has 0 aliphatic heterocycles. The molecule has 11 rings (SSSR count). The minimum atomic E-state index is 0.828. The van der Waals surface area contributed by atoms with Gasteiger partial charge in [0.15, 0.2) is 0 Å². The highest BCUT2D eigenvalue weighted by molar-refractivity contribution is 6.26. The lowest BCUT2D eigenvalue weighted by molar-refractivity contribution is 0.669. The van der Waals surface area contributed by atoms with E-state index in [9.17, 15) is 0 Å². The molecule has 0 aliphatic rings. The molecular weight excluding hydrogens is 588 g/mol. The largest absolute Gasteiger partial charge is 0.456 e. The van der Waals surface area contributed by atoms with E-state index < -0.39 is 0 Å². The van der Waals surface area contributed by atoms with Gasteiger partial charge >= 0.3 is 0 Å². The van der Waals surface area contributed by atoms with Crippen LogP contribution >= 0.6 is 0 Å². The van der Waals surface area contributed by atoms with Crippen LogP contribution < -0.4 is 0 Å².